The molecule has 2 heterocycles. The number of aromatic nitrogens is 4. The molecule has 1 atom stereocenters. The van der Waals surface area contributed by atoms with Crippen LogP contribution in [-0.4, -0.2) is 38.6 Å². The number of hydrogen-bond donors (Lipinski definition) is 1. The maximum Gasteiger partial charge on any atom is 0.264 e. The highest BCUT2D eigenvalue weighted by Crippen LogP contribution is 2.02. The molecule has 0 saturated heterocycles. The second-order valence-corrected chi connectivity index (χ2v) is 4.17. The van der Waals surface area contributed by atoms with E-state index in [0.717, 1.165) is 0 Å². The lowest BCUT2D eigenvalue weighted by atomic mass is 10.4. The van der Waals surface area contributed by atoms with E-state index in [0.29, 0.717) is 30.7 Å². The molecule has 0 amide bonds. The highest BCUT2D eigenvalue weighted by molar-refractivity contribution is 5.72. The monoisotopic (exact) mass is 251 g/mol. The Morgan fingerprint density at radius 3 is 3.06 bits per heavy atom. The number of nitrogens with zero attached hydrogens (tertiary/aromatic N) is 4. The highest BCUT2D eigenvalue weighted by Gasteiger charge is 2.08. The van der Waals surface area contributed by atoms with E-state index in [4.69, 9.17) is 10.5 Å². The standard InChI is InChI=1S/C11H17N5O2/c1-8(5-12)18-4-3-16-7-13-10-9(11(16)17)6-14-15(10)2/h6-8H,3-5,12H2,1-2H3. The number of aryl methyl sites for hydroxylation is 1. The van der Waals surface area contributed by atoms with Crippen molar-refractivity contribution < 1.29 is 4.74 Å². The lowest BCUT2D eigenvalue weighted by molar-refractivity contribution is 0.0655. The van der Waals surface area contributed by atoms with Gasteiger partial charge < -0.3 is 10.5 Å². The van der Waals surface area contributed by atoms with Crippen molar-refractivity contribution in [3.63, 3.8) is 0 Å². The van der Waals surface area contributed by atoms with Gasteiger partial charge in [0.2, 0.25) is 0 Å². The Bertz CT molecular complexity index is 589. The zero-order valence-corrected chi connectivity index (χ0v) is 10.5. The van der Waals surface area contributed by atoms with Gasteiger partial charge in [0.05, 0.1) is 25.5 Å². The summed E-state index contributed by atoms with van der Waals surface area (Å²) in [6, 6.07) is 0. The fraction of sp³-hybridized carbons (Fsp3) is 0.545. The molecule has 2 aromatic heterocycles. The fourth-order valence-electron chi connectivity index (χ4n) is 1.65. The van der Waals surface area contributed by atoms with Crippen molar-refractivity contribution >= 4 is 11.0 Å². The van der Waals surface area contributed by atoms with E-state index >= 15 is 0 Å². The molecule has 0 spiro atoms. The van der Waals surface area contributed by atoms with Gasteiger partial charge in [-0.05, 0) is 6.92 Å². The Kier molecular flexibility index (Phi) is 3.73. The predicted molar refractivity (Wildman–Crippen MR) is 67.2 cm³/mol. The molecule has 0 aliphatic rings. The molecule has 7 nitrogen and oxygen atoms in total. The predicted octanol–water partition coefficient (Wildman–Crippen LogP) is -0.506. The first kappa shape index (κ1) is 12.7. The van der Waals surface area contributed by atoms with Crippen LogP contribution < -0.4 is 11.3 Å². The minimum Gasteiger partial charge on any atom is -0.375 e. The van der Waals surface area contributed by atoms with Gasteiger partial charge in [-0.15, -0.1) is 0 Å². The summed E-state index contributed by atoms with van der Waals surface area (Å²) >= 11 is 0. The van der Waals surface area contributed by atoms with Gasteiger partial charge in [-0.3, -0.25) is 14.0 Å². The Morgan fingerprint density at radius 1 is 1.56 bits per heavy atom. The lowest BCUT2D eigenvalue weighted by Crippen LogP contribution is -2.26. The second-order valence-electron chi connectivity index (χ2n) is 4.17. The second kappa shape index (κ2) is 5.28. The molecule has 98 valence electrons. The molecule has 2 aromatic rings. The average molecular weight is 251 g/mol. The van der Waals surface area contributed by atoms with E-state index in [-0.39, 0.29) is 11.7 Å². The quantitative estimate of drug-likeness (QED) is 0.773. The Morgan fingerprint density at radius 2 is 2.33 bits per heavy atom. The van der Waals surface area contributed by atoms with Crippen LogP contribution in [-0.2, 0) is 18.3 Å². The summed E-state index contributed by atoms with van der Waals surface area (Å²) in [7, 11) is 1.76. The number of nitrogens with two attached hydrogens (primary N) is 1. The number of rotatable bonds is 5. The van der Waals surface area contributed by atoms with E-state index in [9.17, 15) is 4.79 Å². The van der Waals surface area contributed by atoms with Crippen LogP contribution in [0.4, 0.5) is 0 Å². The zero-order chi connectivity index (χ0) is 13.1. The number of ether oxygens (including phenoxy) is 1. The molecular formula is C11H17N5O2. The molecular weight excluding hydrogens is 234 g/mol. The van der Waals surface area contributed by atoms with Gasteiger partial charge in [0, 0.05) is 13.6 Å². The lowest BCUT2D eigenvalue weighted by Gasteiger charge is -2.11. The van der Waals surface area contributed by atoms with E-state index < -0.39 is 0 Å². The van der Waals surface area contributed by atoms with Crippen molar-refractivity contribution in [3.05, 3.63) is 22.9 Å². The summed E-state index contributed by atoms with van der Waals surface area (Å²) < 4.78 is 8.53. The minimum absolute atomic E-state index is 0.00390. The summed E-state index contributed by atoms with van der Waals surface area (Å²) in [5.74, 6) is 0. The number of fused-ring (bicyclic) bond motifs is 1. The number of hydrogen-bond acceptors (Lipinski definition) is 5. The molecule has 0 aromatic carbocycles. The van der Waals surface area contributed by atoms with Crippen molar-refractivity contribution in [1.29, 1.82) is 0 Å². The third-order valence-electron chi connectivity index (χ3n) is 2.78. The Hall–Kier alpha value is -1.73. The molecule has 18 heavy (non-hydrogen) atoms. The normalized spacial score (nSPS) is 13.1. The molecule has 0 fully saturated rings. The van der Waals surface area contributed by atoms with Crippen molar-refractivity contribution in [1.82, 2.24) is 19.3 Å². The maximum absolute atomic E-state index is 12.1. The summed E-state index contributed by atoms with van der Waals surface area (Å²) in [5.41, 5.74) is 5.93. The average Bonchev–Trinajstić information content (AvgIpc) is 2.74. The molecule has 2 N–H and O–H groups in total. The summed E-state index contributed by atoms with van der Waals surface area (Å²) in [5, 5.41) is 4.53. The molecule has 7 heteroatoms. The van der Waals surface area contributed by atoms with Crippen LogP contribution in [0.25, 0.3) is 11.0 Å². The molecule has 0 aliphatic carbocycles. The summed E-state index contributed by atoms with van der Waals surface area (Å²) in [6.45, 7) is 3.26. The van der Waals surface area contributed by atoms with E-state index in [1.807, 2.05) is 6.92 Å². The molecule has 2 rings (SSSR count). The zero-order valence-electron chi connectivity index (χ0n) is 10.5. The Balaban J connectivity index is 2.15. The van der Waals surface area contributed by atoms with Crippen LogP contribution >= 0.6 is 0 Å². The van der Waals surface area contributed by atoms with Crippen molar-refractivity contribution in [2.24, 2.45) is 12.8 Å². The van der Waals surface area contributed by atoms with Crippen LogP contribution in [0.1, 0.15) is 6.92 Å². The SMILES string of the molecule is CC(CN)OCCn1cnc2c(cnn2C)c1=O. The third-order valence-corrected chi connectivity index (χ3v) is 2.78. The first-order chi connectivity index (χ1) is 8.63. The van der Waals surface area contributed by atoms with Gasteiger partial charge in [0.1, 0.15) is 11.7 Å². The van der Waals surface area contributed by atoms with Gasteiger partial charge in [0.25, 0.3) is 5.56 Å². The van der Waals surface area contributed by atoms with E-state index in [2.05, 4.69) is 10.1 Å². The Labute approximate surface area is 104 Å². The summed E-state index contributed by atoms with van der Waals surface area (Å²) in [4.78, 5) is 16.3. The summed E-state index contributed by atoms with van der Waals surface area (Å²) in [6.07, 6.45) is 3.05. The van der Waals surface area contributed by atoms with Crippen LogP contribution in [0, 0.1) is 0 Å². The first-order valence-corrected chi connectivity index (χ1v) is 5.82. The van der Waals surface area contributed by atoms with Gasteiger partial charge in [0.15, 0.2) is 5.65 Å². The smallest absolute Gasteiger partial charge is 0.264 e. The minimum atomic E-state index is -0.0999. The topological polar surface area (TPSA) is 88.0 Å². The van der Waals surface area contributed by atoms with Gasteiger partial charge in [-0.25, -0.2) is 4.98 Å². The van der Waals surface area contributed by atoms with Crippen LogP contribution in [0.5, 0.6) is 0 Å². The van der Waals surface area contributed by atoms with Gasteiger partial charge >= 0.3 is 0 Å². The molecule has 1 unspecified atom stereocenters. The van der Waals surface area contributed by atoms with Crippen molar-refractivity contribution in [2.45, 2.75) is 19.6 Å². The molecule has 0 aliphatic heterocycles. The van der Waals surface area contributed by atoms with Gasteiger partial charge in [-0.1, -0.05) is 0 Å². The molecule has 0 radical (unpaired) electrons. The highest BCUT2D eigenvalue weighted by atomic mass is 16.5. The van der Waals surface area contributed by atoms with Crippen LogP contribution in [0.2, 0.25) is 0 Å². The van der Waals surface area contributed by atoms with Gasteiger partial charge in [-0.2, -0.15) is 5.10 Å². The van der Waals surface area contributed by atoms with E-state index in [1.165, 1.54) is 17.1 Å². The first-order valence-electron chi connectivity index (χ1n) is 5.82. The van der Waals surface area contributed by atoms with Crippen LogP contribution in [0.15, 0.2) is 17.3 Å². The fourth-order valence-corrected chi connectivity index (χ4v) is 1.65. The molecule has 0 saturated carbocycles. The van der Waals surface area contributed by atoms with E-state index in [1.54, 1.807) is 11.7 Å². The van der Waals surface area contributed by atoms with Crippen molar-refractivity contribution in [3.8, 4) is 0 Å². The molecule has 0 bridgehead atoms. The van der Waals surface area contributed by atoms with Crippen molar-refractivity contribution in [2.75, 3.05) is 13.2 Å². The maximum atomic E-state index is 12.1. The van der Waals surface area contributed by atoms with Crippen LogP contribution in [0.3, 0.4) is 0 Å². The third kappa shape index (κ3) is 2.41. The largest absolute Gasteiger partial charge is 0.375 e.